The van der Waals surface area contributed by atoms with E-state index in [0.29, 0.717) is 17.2 Å². The molecule has 1 heterocycles. The van der Waals surface area contributed by atoms with E-state index >= 15 is 0 Å². The molecule has 2 N–H and O–H groups in total. The molecule has 1 saturated carbocycles. The van der Waals surface area contributed by atoms with Gasteiger partial charge in [0, 0.05) is 54.5 Å². The summed E-state index contributed by atoms with van der Waals surface area (Å²) in [5.74, 6) is 2.35. The van der Waals surface area contributed by atoms with Crippen LogP contribution in [0.4, 0.5) is 0 Å². The number of rotatable bonds is 8. The van der Waals surface area contributed by atoms with Gasteiger partial charge in [0.05, 0.1) is 0 Å². The van der Waals surface area contributed by atoms with Crippen molar-refractivity contribution in [2.45, 2.75) is 56.7 Å². The van der Waals surface area contributed by atoms with Crippen molar-refractivity contribution in [1.29, 1.82) is 0 Å². The van der Waals surface area contributed by atoms with Gasteiger partial charge >= 0.3 is 0 Å². The molecular weight excluding hydrogens is 507 g/mol. The Hall–Kier alpha value is -0.670. The van der Waals surface area contributed by atoms with Crippen LogP contribution >= 0.6 is 24.0 Å². The molecule has 4 unspecified atom stereocenters. The lowest BCUT2D eigenvalue weighted by Gasteiger charge is -2.30. The van der Waals surface area contributed by atoms with Gasteiger partial charge in [0.1, 0.15) is 0 Å². The van der Waals surface area contributed by atoms with Gasteiger partial charge in [0.25, 0.3) is 0 Å². The summed E-state index contributed by atoms with van der Waals surface area (Å²) < 4.78 is 12.2. The van der Waals surface area contributed by atoms with Crippen LogP contribution < -0.4 is 10.6 Å². The van der Waals surface area contributed by atoms with Crippen molar-refractivity contribution in [1.82, 2.24) is 15.5 Å². The normalized spacial score (nSPS) is 26.1. The highest BCUT2D eigenvalue weighted by atomic mass is 127. The van der Waals surface area contributed by atoms with E-state index in [1.807, 2.05) is 14.0 Å². The van der Waals surface area contributed by atoms with E-state index in [2.05, 4.69) is 50.9 Å². The van der Waals surface area contributed by atoms with Crippen LogP contribution in [-0.4, -0.2) is 65.3 Å². The zero-order valence-electron chi connectivity index (χ0n) is 18.5. The van der Waals surface area contributed by atoms with Crippen molar-refractivity contribution in [3.05, 3.63) is 35.9 Å². The zero-order valence-corrected chi connectivity index (χ0v) is 21.7. The average molecular weight is 547 g/mol. The summed E-state index contributed by atoms with van der Waals surface area (Å²) in [6.07, 6.45) is 6.79. The molecular formula is C23H39IN4OS. The van der Waals surface area contributed by atoms with Crippen molar-refractivity contribution in [3.63, 3.8) is 0 Å². The van der Waals surface area contributed by atoms with Crippen molar-refractivity contribution in [2.24, 2.45) is 10.9 Å². The smallest absolute Gasteiger partial charge is 0.191 e. The van der Waals surface area contributed by atoms with Gasteiger partial charge in [0.2, 0.25) is 0 Å². The fraction of sp³-hybridized carbons (Fsp3) is 0.696. The van der Waals surface area contributed by atoms with Crippen molar-refractivity contribution < 1.29 is 4.21 Å². The summed E-state index contributed by atoms with van der Waals surface area (Å²) in [5.41, 5.74) is 1.42. The lowest BCUT2D eigenvalue weighted by Crippen LogP contribution is -2.47. The zero-order chi connectivity index (χ0) is 20.5. The van der Waals surface area contributed by atoms with Crippen LogP contribution in [0.2, 0.25) is 0 Å². The molecule has 170 valence electrons. The molecule has 0 amide bonds. The number of likely N-dealkylation sites (tertiary alicyclic amines) is 1. The standard InChI is InChI=1S/C23H38N4OS.HI/c1-3-29(28)22-11-7-10-21(16-22)26-23(24-2)25-17-20-13-15-27(18-20)14-12-19-8-5-4-6-9-19;/h4-6,8-9,20-22H,3,7,10-18H2,1-2H3,(H2,24,25,26);1H. The Bertz CT molecular complexity index is 672. The number of aliphatic imine (C=N–C) groups is 1. The molecule has 1 aromatic rings. The molecule has 1 saturated heterocycles. The van der Waals surface area contributed by atoms with Gasteiger partial charge < -0.3 is 15.5 Å². The van der Waals surface area contributed by atoms with Crippen LogP contribution in [-0.2, 0) is 17.2 Å². The topological polar surface area (TPSA) is 56.7 Å². The average Bonchev–Trinajstić information content (AvgIpc) is 3.23. The molecule has 0 aromatic heterocycles. The second-order valence-electron chi connectivity index (χ2n) is 8.44. The molecule has 0 radical (unpaired) electrons. The van der Waals surface area contributed by atoms with E-state index in [4.69, 9.17) is 0 Å². The van der Waals surface area contributed by atoms with Crippen molar-refractivity contribution in [3.8, 4) is 0 Å². The first-order chi connectivity index (χ1) is 14.2. The van der Waals surface area contributed by atoms with Gasteiger partial charge in [-0.2, -0.15) is 0 Å². The van der Waals surface area contributed by atoms with Crippen molar-refractivity contribution >= 4 is 40.7 Å². The number of hydrogen-bond acceptors (Lipinski definition) is 3. The quantitative estimate of drug-likeness (QED) is 0.298. The Kier molecular flexibility index (Phi) is 11.7. The van der Waals surface area contributed by atoms with E-state index in [9.17, 15) is 4.21 Å². The Morgan fingerprint density at radius 3 is 2.77 bits per heavy atom. The molecule has 5 nitrogen and oxygen atoms in total. The first-order valence-electron chi connectivity index (χ1n) is 11.3. The molecule has 30 heavy (non-hydrogen) atoms. The van der Waals surface area contributed by atoms with E-state index in [-0.39, 0.29) is 24.0 Å². The SMILES string of the molecule is CCS(=O)C1CCCC(NC(=NC)NCC2CCN(CCc3ccccc3)C2)C1.I. The molecule has 0 spiro atoms. The predicted molar refractivity (Wildman–Crippen MR) is 139 cm³/mol. The maximum atomic E-state index is 12.2. The number of hydrogen-bond donors (Lipinski definition) is 2. The number of nitrogens with one attached hydrogen (secondary N) is 2. The Balaban J connectivity index is 0.00000320. The molecule has 0 bridgehead atoms. The molecule has 7 heteroatoms. The summed E-state index contributed by atoms with van der Waals surface area (Å²) >= 11 is 0. The third-order valence-corrected chi connectivity index (χ3v) is 8.08. The second-order valence-corrected chi connectivity index (χ2v) is 10.4. The number of guanidine groups is 1. The minimum absolute atomic E-state index is 0. The Morgan fingerprint density at radius 1 is 1.23 bits per heavy atom. The lowest BCUT2D eigenvalue weighted by atomic mass is 9.95. The van der Waals surface area contributed by atoms with Crippen LogP contribution in [0.1, 0.15) is 44.6 Å². The third kappa shape index (κ3) is 8.11. The van der Waals surface area contributed by atoms with Crippen LogP contribution in [0.3, 0.4) is 0 Å². The van der Waals surface area contributed by atoms with Gasteiger partial charge in [-0.25, -0.2) is 0 Å². The number of halogens is 1. The molecule has 2 fully saturated rings. The van der Waals surface area contributed by atoms with Crippen LogP contribution in [0.5, 0.6) is 0 Å². The molecule has 2 aliphatic rings. The van der Waals surface area contributed by atoms with Crippen LogP contribution in [0.25, 0.3) is 0 Å². The number of benzene rings is 1. The third-order valence-electron chi connectivity index (χ3n) is 6.33. The first kappa shape index (κ1) is 25.6. The molecule has 1 aromatic carbocycles. The maximum Gasteiger partial charge on any atom is 0.191 e. The number of nitrogens with zero attached hydrogens (tertiary/aromatic N) is 2. The molecule has 1 aliphatic heterocycles. The Labute approximate surface area is 202 Å². The highest BCUT2D eigenvalue weighted by Crippen LogP contribution is 2.23. The summed E-state index contributed by atoms with van der Waals surface area (Å²) in [4.78, 5) is 7.02. The highest BCUT2D eigenvalue weighted by molar-refractivity contribution is 14.0. The lowest BCUT2D eigenvalue weighted by molar-refractivity contribution is 0.328. The second kappa shape index (κ2) is 13.7. The fourth-order valence-corrected chi connectivity index (χ4v) is 5.94. The maximum absolute atomic E-state index is 12.2. The van der Waals surface area contributed by atoms with Crippen LogP contribution in [0.15, 0.2) is 35.3 Å². The molecule has 4 atom stereocenters. The minimum Gasteiger partial charge on any atom is -0.356 e. The van der Waals surface area contributed by atoms with E-state index < -0.39 is 10.8 Å². The van der Waals surface area contributed by atoms with E-state index in [0.717, 1.165) is 63.5 Å². The first-order valence-corrected chi connectivity index (χ1v) is 12.7. The summed E-state index contributed by atoms with van der Waals surface area (Å²) in [6, 6.07) is 11.2. The minimum atomic E-state index is -0.682. The summed E-state index contributed by atoms with van der Waals surface area (Å²) in [5, 5.41) is 7.48. The van der Waals surface area contributed by atoms with E-state index in [1.165, 1.54) is 18.5 Å². The fourth-order valence-electron chi connectivity index (χ4n) is 4.59. The highest BCUT2D eigenvalue weighted by Gasteiger charge is 2.27. The monoisotopic (exact) mass is 546 g/mol. The van der Waals surface area contributed by atoms with Gasteiger partial charge in [-0.3, -0.25) is 9.20 Å². The van der Waals surface area contributed by atoms with E-state index in [1.54, 1.807) is 0 Å². The van der Waals surface area contributed by atoms with Gasteiger partial charge in [-0.1, -0.05) is 43.7 Å². The largest absolute Gasteiger partial charge is 0.356 e. The Morgan fingerprint density at radius 2 is 2.03 bits per heavy atom. The van der Waals surface area contributed by atoms with Gasteiger partial charge in [-0.15, -0.1) is 24.0 Å². The van der Waals surface area contributed by atoms with Crippen LogP contribution in [0, 0.1) is 5.92 Å². The van der Waals surface area contributed by atoms with Crippen molar-refractivity contribution in [2.75, 3.05) is 39.0 Å². The summed E-state index contributed by atoms with van der Waals surface area (Å²) in [7, 11) is 1.17. The molecule has 1 aliphatic carbocycles. The molecule has 3 rings (SSSR count). The van der Waals surface area contributed by atoms with Gasteiger partial charge in [-0.05, 0) is 50.1 Å². The summed E-state index contributed by atoms with van der Waals surface area (Å²) in [6.45, 7) is 6.50. The van der Waals surface area contributed by atoms with Gasteiger partial charge in [0.15, 0.2) is 5.96 Å². The predicted octanol–water partition coefficient (Wildman–Crippen LogP) is 3.41.